The van der Waals surface area contributed by atoms with E-state index in [1.165, 1.54) is 23.6 Å². The summed E-state index contributed by atoms with van der Waals surface area (Å²) in [5.74, 6) is -4.66. The number of amides is 1. The first-order chi connectivity index (χ1) is 13.8. The monoisotopic (exact) mass is 420 g/mol. The van der Waals surface area contributed by atoms with Gasteiger partial charge in [-0.2, -0.15) is 0 Å². The van der Waals surface area contributed by atoms with Crippen molar-refractivity contribution in [2.24, 2.45) is 7.05 Å². The molecule has 0 saturated heterocycles. The fraction of sp³-hybridized carbons (Fsp3) is 0.200. The average molecular weight is 420 g/mol. The van der Waals surface area contributed by atoms with E-state index >= 15 is 0 Å². The van der Waals surface area contributed by atoms with Gasteiger partial charge in [0.2, 0.25) is 5.91 Å². The van der Waals surface area contributed by atoms with Crippen molar-refractivity contribution in [1.82, 2.24) is 4.57 Å². The van der Waals surface area contributed by atoms with Crippen molar-refractivity contribution in [3.05, 3.63) is 74.0 Å². The second kappa shape index (κ2) is 7.07. The van der Waals surface area contributed by atoms with Gasteiger partial charge in [0.05, 0.1) is 17.7 Å². The molecule has 1 aliphatic heterocycles. The second-order valence-electron chi connectivity index (χ2n) is 6.56. The molecule has 2 aromatic carbocycles. The van der Waals surface area contributed by atoms with Gasteiger partial charge in [0.25, 0.3) is 0 Å². The SMILES string of the molecule is COc1ccc(N2C(=O)C[C@@H](c3ccc(F)c(F)c3F)c3sc(=O)n(C)c32)cc1. The molecule has 1 aromatic heterocycles. The molecule has 0 saturated carbocycles. The highest BCUT2D eigenvalue weighted by molar-refractivity contribution is 7.10. The Labute approximate surface area is 167 Å². The number of anilines is 2. The highest BCUT2D eigenvalue weighted by Crippen LogP contribution is 2.45. The number of hydrogen-bond acceptors (Lipinski definition) is 4. The van der Waals surface area contributed by atoms with E-state index in [0.29, 0.717) is 16.3 Å². The lowest BCUT2D eigenvalue weighted by atomic mass is 9.90. The van der Waals surface area contributed by atoms with E-state index in [1.54, 1.807) is 24.3 Å². The van der Waals surface area contributed by atoms with Crippen LogP contribution in [0.2, 0.25) is 0 Å². The van der Waals surface area contributed by atoms with Crippen LogP contribution in [-0.2, 0) is 11.8 Å². The normalized spacial score (nSPS) is 16.1. The molecular formula is C20H15F3N2O3S. The third-order valence-electron chi connectivity index (χ3n) is 4.94. The average Bonchev–Trinajstić information content (AvgIpc) is 3.01. The number of benzene rings is 2. The van der Waals surface area contributed by atoms with Crippen molar-refractivity contribution >= 4 is 28.7 Å². The smallest absolute Gasteiger partial charge is 0.308 e. The zero-order chi connectivity index (χ0) is 20.9. The molecule has 0 radical (unpaired) electrons. The van der Waals surface area contributed by atoms with Crippen molar-refractivity contribution in [2.75, 3.05) is 12.0 Å². The molecule has 0 unspecified atom stereocenters. The van der Waals surface area contributed by atoms with Gasteiger partial charge in [-0.15, -0.1) is 0 Å². The molecule has 1 atom stereocenters. The number of thiazole rings is 1. The summed E-state index contributed by atoms with van der Waals surface area (Å²) in [6, 6.07) is 8.62. The lowest BCUT2D eigenvalue weighted by Crippen LogP contribution is -2.35. The van der Waals surface area contributed by atoms with Crippen LogP contribution in [0.5, 0.6) is 5.75 Å². The summed E-state index contributed by atoms with van der Waals surface area (Å²) in [6.45, 7) is 0. The maximum atomic E-state index is 14.4. The van der Waals surface area contributed by atoms with E-state index in [4.69, 9.17) is 4.74 Å². The van der Waals surface area contributed by atoms with Crippen LogP contribution in [0, 0.1) is 17.5 Å². The van der Waals surface area contributed by atoms with Gasteiger partial charge in [-0.1, -0.05) is 17.4 Å². The van der Waals surface area contributed by atoms with Gasteiger partial charge in [0.15, 0.2) is 17.5 Å². The molecule has 0 aliphatic carbocycles. The molecule has 0 spiro atoms. The lowest BCUT2D eigenvalue weighted by Gasteiger charge is -2.32. The Hall–Kier alpha value is -3.07. The summed E-state index contributed by atoms with van der Waals surface area (Å²) >= 11 is 0.853. The van der Waals surface area contributed by atoms with Crippen LogP contribution in [-0.4, -0.2) is 17.6 Å². The van der Waals surface area contributed by atoms with Crippen LogP contribution in [0.1, 0.15) is 22.8 Å². The molecule has 0 fully saturated rings. The number of rotatable bonds is 3. The maximum absolute atomic E-state index is 14.4. The number of hydrogen-bond donors (Lipinski definition) is 0. The number of nitrogens with zero attached hydrogens (tertiary/aromatic N) is 2. The molecule has 9 heteroatoms. The van der Waals surface area contributed by atoms with Gasteiger partial charge < -0.3 is 4.74 Å². The summed E-state index contributed by atoms with van der Waals surface area (Å²) in [6.07, 6.45) is -0.193. The Balaban J connectivity index is 1.89. The van der Waals surface area contributed by atoms with Crippen LogP contribution in [0.4, 0.5) is 24.7 Å². The minimum Gasteiger partial charge on any atom is -0.497 e. The number of carbonyl (C=O) groups excluding carboxylic acids is 1. The molecule has 2 heterocycles. The van der Waals surface area contributed by atoms with Crippen molar-refractivity contribution in [1.29, 1.82) is 0 Å². The first kappa shape index (κ1) is 19.3. The van der Waals surface area contributed by atoms with Crippen LogP contribution in [0.15, 0.2) is 41.2 Å². The van der Waals surface area contributed by atoms with E-state index in [9.17, 15) is 22.8 Å². The quantitative estimate of drug-likeness (QED) is 0.601. The van der Waals surface area contributed by atoms with Crippen LogP contribution in [0.3, 0.4) is 0 Å². The molecule has 0 N–H and O–H groups in total. The highest BCUT2D eigenvalue weighted by atomic mass is 32.1. The zero-order valence-corrected chi connectivity index (χ0v) is 16.2. The lowest BCUT2D eigenvalue weighted by molar-refractivity contribution is -0.118. The molecule has 0 bridgehead atoms. The molecule has 5 nitrogen and oxygen atoms in total. The van der Waals surface area contributed by atoms with Crippen LogP contribution in [0.25, 0.3) is 0 Å². The van der Waals surface area contributed by atoms with Gasteiger partial charge in [-0.3, -0.25) is 19.1 Å². The van der Waals surface area contributed by atoms with Gasteiger partial charge in [0.1, 0.15) is 11.6 Å². The summed E-state index contributed by atoms with van der Waals surface area (Å²) in [4.78, 5) is 26.8. The van der Waals surface area contributed by atoms with E-state index in [1.807, 2.05) is 0 Å². The third-order valence-corrected chi connectivity index (χ3v) is 6.07. The van der Waals surface area contributed by atoms with Crippen molar-refractivity contribution < 1.29 is 22.7 Å². The molecule has 4 rings (SSSR count). The number of halogens is 3. The highest BCUT2D eigenvalue weighted by Gasteiger charge is 2.39. The number of fused-ring (bicyclic) bond motifs is 1. The molecule has 150 valence electrons. The Morgan fingerprint density at radius 1 is 1.03 bits per heavy atom. The number of aromatic nitrogens is 1. The Kier molecular flexibility index (Phi) is 4.70. The van der Waals surface area contributed by atoms with Gasteiger partial charge in [-0.05, 0) is 30.3 Å². The number of carbonyl (C=O) groups is 1. The summed E-state index contributed by atoms with van der Waals surface area (Å²) < 4.78 is 48.0. The van der Waals surface area contributed by atoms with Gasteiger partial charge in [0, 0.05) is 24.9 Å². The van der Waals surface area contributed by atoms with E-state index in [2.05, 4.69) is 0 Å². The predicted octanol–water partition coefficient (Wildman–Crippen LogP) is 4.07. The Morgan fingerprint density at radius 2 is 1.72 bits per heavy atom. The van der Waals surface area contributed by atoms with Crippen LogP contribution >= 0.6 is 11.3 Å². The topological polar surface area (TPSA) is 51.5 Å². The minimum absolute atomic E-state index is 0.158. The van der Waals surface area contributed by atoms with Crippen molar-refractivity contribution in [2.45, 2.75) is 12.3 Å². The summed E-state index contributed by atoms with van der Waals surface area (Å²) in [5, 5.41) is 0. The van der Waals surface area contributed by atoms with E-state index < -0.39 is 29.3 Å². The first-order valence-electron chi connectivity index (χ1n) is 8.63. The fourth-order valence-electron chi connectivity index (χ4n) is 3.48. The summed E-state index contributed by atoms with van der Waals surface area (Å²) in [7, 11) is 3.02. The minimum atomic E-state index is -1.60. The van der Waals surface area contributed by atoms with E-state index in [0.717, 1.165) is 23.5 Å². The Bertz CT molecular complexity index is 1170. The second-order valence-corrected chi connectivity index (χ2v) is 7.56. The molecule has 29 heavy (non-hydrogen) atoms. The largest absolute Gasteiger partial charge is 0.497 e. The number of ether oxygens (including phenoxy) is 1. The van der Waals surface area contributed by atoms with E-state index in [-0.39, 0.29) is 22.7 Å². The third kappa shape index (κ3) is 3.02. The zero-order valence-electron chi connectivity index (χ0n) is 15.4. The van der Waals surface area contributed by atoms with Gasteiger partial charge >= 0.3 is 4.87 Å². The van der Waals surface area contributed by atoms with Crippen molar-refractivity contribution in [3.63, 3.8) is 0 Å². The van der Waals surface area contributed by atoms with Gasteiger partial charge in [-0.25, -0.2) is 13.2 Å². The molecular weight excluding hydrogens is 405 g/mol. The maximum Gasteiger partial charge on any atom is 0.308 e. The number of methoxy groups -OCH3 is 1. The first-order valence-corrected chi connectivity index (χ1v) is 9.45. The van der Waals surface area contributed by atoms with Crippen LogP contribution < -0.4 is 14.5 Å². The Morgan fingerprint density at radius 3 is 2.38 bits per heavy atom. The fourth-order valence-corrected chi connectivity index (χ4v) is 4.57. The molecule has 1 aliphatic rings. The molecule has 1 amide bonds. The summed E-state index contributed by atoms with van der Waals surface area (Å²) in [5.41, 5.74) is 0.351. The molecule has 3 aromatic rings. The predicted molar refractivity (Wildman–Crippen MR) is 102 cm³/mol. The standard InChI is InChI=1S/C20H15F3N2O3S/c1-24-19-18(29-20(24)27)13(12-7-8-14(21)17(23)16(12)22)9-15(26)25(19)10-3-5-11(28-2)6-4-10/h3-8,13H,9H2,1-2H3/t13-/m0/s1. The van der Waals surface area contributed by atoms with Crippen molar-refractivity contribution in [3.8, 4) is 5.75 Å².